The molecule has 1 saturated heterocycles. The van der Waals surface area contributed by atoms with Crippen LogP contribution in [0.4, 0.5) is 0 Å². The predicted molar refractivity (Wildman–Crippen MR) is 135 cm³/mol. The third-order valence-corrected chi connectivity index (χ3v) is 10.4. The van der Waals surface area contributed by atoms with E-state index in [1.165, 1.54) is 4.31 Å². The minimum atomic E-state index is -3.62. The first-order chi connectivity index (χ1) is 16.6. The van der Waals surface area contributed by atoms with Crippen LogP contribution in [0, 0.1) is 18.8 Å². The van der Waals surface area contributed by atoms with Crippen molar-refractivity contribution < 1.29 is 16.8 Å². The summed E-state index contributed by atoms with van der Waals surface area (Å²) in [5.74, 6) is 0.745. The van der Waals surface area contributed by atoms with Gasteiger partial charge in [-0.05, 0) is 63.4 Å². The van der Waals surface area contributed by atoms with Gasteiger partial charge >= 0.3 is 0 Å². The SMILES string of the molecule is Cc1nc(C2CCC(CS(=O)(=O)N3CCCC(CS(N)(=O)=O)C3)CC2)c2c(cnc3[nH]ccc32)n1. The third-order valence-electron chi connectivity index (χ3n) is 7.41. The highest BCUT2D eigenvalue weighted by molar-refractivity contribution is 7.89. The van der Waals surface area contributed by atoms with Crippen molar-refractivity contribution in [3.8, 4) is 0 Å². The zero-order chi connectivity index (χ0) is 24.8. The van der Waals surface area contributed by atoms with Gasteiger partial charge in [0, 0.05) is 36.0 Å². The second-order valence-electron chi connectivity index (χ2n) is 10.1. The Bertz CT molecular complexity index is 1450. The van der Waals surface area contributed by atoms with Crippen LogP contribution in [-0.2, 0) is 20.0 Å². The Hall–Kier alpha value is -2.15. The van der Waals surface area contributed by atoms with Gasteiger partial charge in [0.15, 0.2) is 0 Å². The predicted octanol–water partition coefficient (Wildman–Crippen LogP) is 2.42. The molecule has 1 unspecified atom stereocenters. The minimum Gasteiger partial charge on any atom is -0.346 e. The van der Waals surface area contributed by atoms with Gasteiger partial charge in [0.05, 0.1) is 28.9 Å². The molecular weight excluding hydrogens is 488 g/mol. The highest BCUT2D eigenvalue weighted by Gasteiger charge is 2.34. The molecule has 0 spiro atoms. The van der Waals surface area contributed by atoms with E-state index in [2.05, 4.69) is 15.0 Å². The first kappa shape index (κ1) is 24.5. The van der Waals surface area contributed by atoms with Crippen molar-refractivity contribution >= 4 is 42.0 Å². The number of aryl methyl sites for hydroxylation is 1. The molecule has 35 heavy (non-hydrogen) atoms. The smallest absolute Gasteiger partial charge is 0.214 e. The number of primary sulfonamides is 1. The maximum atomic E-state index is 13.2. The summed E-state index contributed by atoms with van der Waals surface area (Å²) < 4.78 is 50.8. The molecule has 3 N–H and O–H groups in total. The van der Waals surface area contributed by atoms with E-state index in [1.807, 2.05) is 19.2 Å². The van der Waals surface area contributed by atoms with Gasteiger partial charge in [-0.1, -0.05) is 0 Å². The van der Waals surface area contributed by atoms with Crippen LogP contribution in [0.15, 0.2) is 18.5 Å². The lowest BCUT2D eigenvalue weighted by Gasteiger charge is -2.34. The summed E-state index contributed by atoms with van der Waals surface area (Å²) >= 11 is 0. The standard InChI is InChI=1S/C23H32N6O4S2/c1-15-27-20-11-26-23-19(8-9-25-23)21(20)22(28-15)18-6-4-16(5-7-18)14-35(32,33)29-10-2-3-17(12-29)13-34(24,30)31/h8-9,11,16-18H,2-7,10,12-14H2,1H3,(H,25,26)(H2,24,30,31). The molecule has 0 aromatic carbocycles. The zero-order valence-electron chi connectivity index (χ0n) is 19.9. The Labute approximate surface area is 205 Å². The Morgan fingerprint density at radius 1 is 1.06 bits per heavy atom. The molecule has 2 aliphatic rings. The second kappa shape index (κ2) is 9.38. The molecule has 190 valence electrons. The molecule has 0 bridgehead atoms. The van der Waals surface area contributed by atoms with Gasteiger partial charge in [-0.3, -0.25) is 0 Å². The number of nitrogens with zero attached hydrogens (tertiary/aromatic N) is 4. The van der Waals surface area contributed by atoms with Gasteiger partial charge in [0.25, 0.3) is 0 Å². The number of pyridine rings is 1. The highest BCUT2D eigenvalue weighted by atomic mass is 32.2. The average Bonchev–Trinajstić information content (AvgIpc) is 3.27. The van der Waals surface area contributed by atoms with Crippen LogP contribution in [0.25, 0.3) is 21.9 Å². The summed E-state index contributed by atoms with van der Waals surface area (Å²) in [5.41, 5.74) is 2.68. The van der Waals surface area contributed by atoms with Crippen LogP contribution in [0.3, 0.4) is 0 Å². The molecule has 1 saturated carbocycles. The fourth-order valence-electron chi connectivity index (χ4n) is 5.83. The summed E-state index contributed by atoms with van der Waals surface area (Å²) in [5, 5.41) is 7.24. The maximum Gasteiger partial charge on any atom is 0.214 e. The first-order valence-electron chi connectivity index (χ1n) is 12.2. The number of hydrogen-bond acceptors (Lipinski definition) is 7. The normalized spacial score (nSPS) is 24.8. The number of hydrogen-bond donors (Lipinski definition) is 2. The largest absolute Gasteiger partial charge is 0.346 e. The lowest BCUT2D eigenvalue weighted by Crippen LogP contribution is -2.44. The molecule has 1 aliphatic carbocycles. The molecule has 5 rings (SSSR count). The molecule has 0 radical (unpaired) electrons. The third kappa shape index (κ3) is 5.35. The molecule has 3 aromatic heterocycles. The monoisotopic (exact) mass is 520 g/mol. The number of aromatic nitrogens is 4. The molecule has 10 nitrogen and oxygen atoms in total. The van der Waals surface area contributed by atoms with E-state index in [4.69, 9.17) is 10.1 Å². The van der Waals surface area contributed by atoms with Crippen LogP contribution in [0.5, 0.6) is 0 Å². The van der Waals surface area contributed by atoms with E-state index in [-0.39, 0.29) is 35.8 Å². The summed E-state index contributed by atoms with van der Waals surface area (Å²) in [6.45, 7) is 2.58. The zero-order valence-corrected chi connectivity index (χ0v) is 21.5. The van der Waals surface area contributed by atoms with E-state index >= 15 is 0 Å². The summed E-state index contributed by atoms with van der Waals surface area (Å²) in [7, 11) is -7.08. The summed E-state index contributed by atoms with van der Waals surface area (Å²) in [6, 6.07) is 2.01. The number of piperidine rings is 1. The molecule has 3 aromatic rings. The minimum absolute atomic E-state index is 0.0815. The quantitative estimate of drug-likeness (QED) is 0.506. The lowest BCUT2D eigenvalue weighted by atomic mass is 9.80. The second-order valence-corrected chi connectivity index (χ2v) is 13.8. The van der Waals surface area contributed by atoms with Gasteiger partial charge in [-0.2, -0.15) is 0 Å². The van der Waals surface area contributed by atoms with Crippen LogP contribution in [0.1, 0.15) is 56.0 Å². The van der Waals surface area contributed by atoms with Gasteiger partial charge in [-0.25, -0.2) is 41.2 Å². The van der Waals surface area contributed by atoms with E-state index in [9.17, 15) is 16.8 Å². The van der Waals surface area contributed by atoms with Crippen LogP contribution in [-0.4, -0.2) is 65.7 Å². The lowest BCUT2D eigenvalue weighted by molar-refractivity contribution is 0.276. The molecule has 2 fully saturated rings. The van der Waals surface area contributed by atoms with Crippen molar-refractivity contribution in [2.45, 2.75) is 51.4 Å². The molecule has 1 atom stereocenters. The molecule has 0 amide bonds. The Morgan fingerprint density at radius 3 is 2.57 bits per heavy atom. The Balaban J connectivity index is 1.28. The van der Waals surface area contributed by atoms with E-state index in [0.29, 0.717) is 25.2 Å². The number of aromatic amines is 1. The average molecular weight is 521 g/mol. The Morgan fingerprint density at radius 2 is 1.83 bits per heavy atom. The van der Waals surface area contributed by atoms with Crippen molar-refractivity contribution in [2.24, 2.45) is 17.0 Å². The van der Waals surface area contributed by atoms with Gasteiger partial charge in [0.1, 0.15) is 11.5 Å². The number of nitrogens with two attached hydrogens (primary N) is 1. The summed E-state index contributed by atoms with van der Waals surface area (Å²) in [4.78, 5) is 17.0. The van der Waals surface area contributed by atoms with Crippen molar-refractivity contribution in [1.82, 2.24) is 24.2 Å². The number of nitrogens with one attached hydrogen (secondary N) is 1. The molecule has 12 heteroatoms. The fraction of sp³-hybridized carbons (Fsp3) is 0.609. The van der Waals surface area contributed by atoms with Crippen LogP contribution >= 0.6 is 0 Å². The topological polar surface area (TPSA) is 152 Å². The van der Waals surface area contributed by atoms with Gasteiger partial charge in [0.2, 0.25) is 20.0 Å². The van der Waals surface area contributed by atoms with Crippen molar-refractivity contribution in [3.63, 3.8) is 0 Å². The van der Waals surface area contributed by atoms with Gasteiger partial charge < -0.3 is 4.98 Å². The summed E-state index contributed by atoms with van der Waals surface area (Å²) in [6.07, 6.45) is 8.36. The number of fused-ring (bicyclic) bond motifs is 3. The number of H-pyrrole nitrogens is 1. The molecule has 4 heterocycles. The highest BCUT2D eigenvalue weighted by Crippen LogP contribution is 2.40. The fourth-order valence-corrected chi connectivity index (χ4v) is 8.74. The Kier molecular flexibility index (Phi) is 6.58. The van der Waals surface area contributed by atoms with E-state index in [0.717, 1.165) is 53.3 Å². The van der Waals surface area contributed by atoms with Crippen LogP contribution in [0.2, 0.25) is 0 Å². The first-order valence-corrected chi connectivity index (χ1v) is 15.5. The molecular formula is C23H32N6O4S2. The number of rotatable bonds is 6. The van der Waals surface area contributed by atoms with Crippen molar-refractivity contribution in [1.29, 1.82) is 0 Å². The van der Waals surface area contributed by atoms with Crippen LogP contribution < -0.4 is 5.14 Å². The van der Waals surface area contributed by atoms with E-state index in [1.54, 1.807) is 6.20 Å². The van der Waals surface area contributed by atoms with Gasteiger partial charge in [-0.15, -0.1) is 0 Å². The van der Waals surface area contributed by atoms with Crippen molar-refractivity contribution in [3.05, 3.63) is 30.0 Å². The van der Waals surface area contributed by atoms with Crippen molar-refractivity contribution in [2.75, 3.05) is 24.6 Å². The van der Waals surface area contributed by atoms with E-state index < -0.39 is 20.0 Å². The maximum absolute atomic E-state index is 13.2. The number of sulfonamides is 2. The molecule has 1 aliphatic heterocycles.